The molecule has 0 radical (unpaired) electrons. The second kappa shape index (κ2) is 8.47. The zero-order valence-corrected chi connectivity index (χ0v) is 15.8. The van der Waals surface area contributed by atoms with Crippen LogP contribution in [0.25, 0.3) is 0 Å². The number of hydrogen-bond acceptors (Lipinski definition) is 4. The summed E-state index contributed by atoms with van der Waals surface area (Å²) in [5.74, 6) is 1.02. The van der Waals surface area contributed by atoms with Crippen molar-refractivity contribution < 1.29 is 17.9 Å². The lowest BCUT2D eigenvalue weighted by atomic mass is 10.0. The van der Waals surface area contributed by atoms with Crippen LogP contribution in [0.1, 0.15) is 37.0 Å². The van der Waals surface area contributed by atoms with Gasteiger partial charge >= 0.3 is 0 Å². The first kappa shape index (κ1) is 19.4. The molecule has 1 atom stereocenters. The molecule has 0 amide bonds. The van der Waals surface area contributed by atoms with Crippen molar-refractivity contribution in [3.63, 3.8) is 0 Å². The van der Waals surface area contributed by atoms with E-state index in [9.17, 15) is 8.42 Å². The van der Waals surface area contributed by atoms with Crippen molar-refractivity contribution in [3.8, 4) is 5.75 Å². The summed E-state index contributed by atoms with van der Waals surface area (Å²) < 4.78 is 38.4. The van der Waals surface area contributed by atoms with Crippen molar-refractivity contribution in [2.24, 2.45) is 0 Å². The van der Waals surface area contributed by atoms with Gasteiger partial charge in [0.05, 0.1) is 18.1 Å². The van der Waals surface area contributed by atoms with Gasteiger partial charge in [0.2, 0.25) is 10.0 Å². The molecular weight excluding hydrogens is 338 g/mol. The normalized spacial score (nSPS) is 13.0. The van der Waals surface area contributed by atoms with E-state index in [0.717, 1.165) is 11.1 Å². The molecular formula is C19H25NO4S. The van der Waals surface area contributed by atoms with Crippen molar-refractivity contribution in [2.45, 2.75) is 30.8 Å². The lowest BCUT2D eigenvalue weighted by molar-refractivity contribution is 0.105. The number of hydrogen-bond donors (Lipinski definition) is 1. The number of rotatable bonds is 8. The topological polar surface area (TPSA) is 64.6 Å². The van der Waals surface area contributed by atoms with Crippen LogP contribution in [0, 0.1) is 0 Å². The SMILES string of the molecule is COc1ccccc1C(CNS(=O)(=O)c1ccc(C(C)C)cc1)OC. The van der Waals surface area contributed by atoms with E-state index in [1.807, 2.05) is 36.4 Å². The quantitative estimate of drug-likeness (QED) is 0.780. The van der Waals surface area contributed by atoms with E-state index in [0.29, 0.717) is 11.7 Å². The van der Waals surface area contributed by atoms with Crippen LogP contribution in [0.2, 0.25) is 0 Å². The first-order valence-electron chi connectivity index (χ1n) is 8.14. The molecule has 25 heavy (non-hydrogen) atoms. The van der Waals surface area contributed by atoms with Gasteiger partial charge in [0.15, 0.2) is 0 Å². The van der Waals surface area contributed by atoms with Gasteiger partial charge in [0, 0.05) is 19.2 Å². The van der Waals surface area contributed by atoms with Gasteiger partial charge in [-0.25, -0.2) is 13.1 Å². The highest BCUT2D eigenvalue weighted by Gasteiger charge is 2.20. The van der Waals surface area contributed by atoms with Crippen LogP contribution in [0.15, 0.2) is 53.4 Å². The van der Waals surface area contributed by atoms with E-state index in [1.165, 1.54) is 0 Å². The number of benzene rings is 2. The van der Waals surface area contributed by atoms with Gasteiger partial charge in [-0.05, 0) is 29.7 Å². The fraction of sp³-hybridized carbons (Fsp3) is 0.368. The van der Waals surface area contributed by atoms with Crippen LogP contribution >= 0.6 is 0 Å². The zero-order valence-electron chi connectivity index (χ0n) is 15.0. The first-order valence-corrected chi connectivity index (χ1v) is 9.62. The minimum atomic E-state index is -3.61. The first-order chi connectivity index (χ1) is 11.9. The molecule has 0 fully saturated rings. The Morgan fingerprint density at radius 1 is 1.00 bits per heavy atom. The maximum atomic E-state index is 12.5. The summed E-state index contributed by atoms with van der Waals surface area (Å²) in [5.41, 5.74) is 1.90. The van der Waals surface area contributed by atoms with Crippen molar-refractivity contribution in [1.82, 2.24) is 4.72 Å². The monoisotopic (exact) mass is 363 g/mol. The average molecular weight is 363 g/mol. The molecule has 136 valence electrons. The van der Waals surface area contributed by atoms with Crippen LogP contribution in [0.3, 0.4) is 0 Å². The molecule has 0 saturated heterocycles. The van der Waals surface area contributed by atoms with E-state index in [-0.39, 0.29) is 11.4 Å². The van der Waals surface area contributed by atoms with E-state index < -0.39 is 16.1 Å². The number of nitrogens with one attached hydrogen (secondary N) is 1. The van der Waals surface area contributed by atoms with Crippen molar-refractivity contribution in [2.75, 3.05) is 20.8 Å². The predicted molar refractivity (Wildman–Crippen MR) is 98.5 cm³/mol. The summed E-state index contributed by atoms with van der Waals surface area (Å²) in [6.45, 7) is 4.25. The van der Waals surface area contributed by atoms with Crippen LogP contribution < -0.4 is 9.46 Å². The lowest BCUT2D eigenvalue weighted by Gasteiger charge is -2.19. The van der Waals surface area contributed by atoms with Crippen molar-refractivity contribution in [3.05, 3.63) is 59.7 Å². The largest absolute Gasteiger partial charge is 0.496 e. The number of ether oxygens (including phenoxy) is 2. The molecule has 0 bridgehead atoms. The van der Waals surface area contributed by atoms with Gasteiger partial charge in [-0.2, -0.15) is 0 Å². The summed E-state index contributed by atoms with van der Waals surface area (Å²) in [5, 5.41) is 0. The third-order valence-electron chi connectivity index (χ3n) is 4.09. The highest BCUT2D eigenvalue weighted by Crippen LogP contribution is 2.27. The second-order valence-corrected chi connectivity index (χ2v) is 7.81. The Morgan fingerprint density at radius 2 is 1.64 bits per heavy atom. The van der Waals surface area contributed by atoms with Crippen molar-refractivity contribution in [1.29, 1.82) is 0 Å². The second-order valence-electron chi connectivity index (χ2n) is 6.04. The van der Waals surface area contributed by atoms with Gasteiger partial charge < -0.3 is 9.47 Å². The van der Waals surface area contributed by atoms with Gasteiger partial charge in [0.1, 0.15) is 5.75 Å². The smallest absolute Gasteiger partial charge is 0.240 e. The van der Waals surface area contributed by atoms with E-state index in [2.05, 4.69) is 18.6 Å². The van der Waals surface area contributed by atoms with Crippen LogP contribution in [0.5, 0.6) is 5.75 Å². The molecule has 2 aromatic carbocycles. The molecule has 2 rings (SSSR count). The summed E-state index contributed by atoms with van der Waals surface area (Å²) >= 11 is 0. The maximum absolute atomic E-state index is 12.5. The molecule has 0 spiro atoms. The molecule has 2 aromatic rings. The Labute approximate surface area is 150 Å². The molecule has 0 aliphatic carbocycles. The number of methoxy groups -OCH3 is 2. The minimum absolute atomic E-state index is 0.116. The van der Waals surface area contributed by atoms with E-state index >= 15 is 0 Å². The number of para-hydroxylation sites is 1. The Balaban J connectivity index is 2.14. The molecule has 0 aliphatic heterocycles. The highest BCUT2D eigenvalue weighted by atomic mass is 32.2. The molecule has 6 heteroatoms. The molecule has 0 aromatic heterocycles. The van der Waals surface area contributed by atoms with Gasteiger partial charge in [-0.15, -0.1) is 0 Å². The van der Waals surface area contributed by atoms with Crippen LogP contribution in [-0.4, -0.2) is 29.2 Å². The molecule has 1 unspecified atom stereocenters. The molecule has 0 heterocycles. The van der Waals surface area contributed by atoms with Crippen LogP contribution in [0.4, 0.5) is 0 Å². The molecule has 1 N–H and O–H groups in total. The van der Waals surface area contributed by atoms with Crippen LogP contribution in [-0.2, 0) is 14.8 Å². The Morgan fingerprint density at radius 3 is 2.20 bits per heavy atom. The Kier molecular flexibility index (Phi) is 6.58. The summed E-state index contributed by atoms with van der Waals surface area (Å²) in [4.78, 5) is 0.242. The standard InChI is InChI=1S/C19H25NO4S/c1-14(2)15-9-11-16(12-10-15)25(21,22)20-13-19(24-4)17-7-5-6-8-18(17)23-3/h5-12,14,19-20H,13H2,1-4H3. The molecule has 0 saturated carbocycles. The van der Waals surface area contributed by atoms with Gasteiger partial charge in [0.25, 0.3) is 0 Å². The summed E-state index contributed by atoms with van der Waals surface area (Å²) in [7, 11) is -0.486. The molecule has 0 aliphatic rings. The Bertz CT molecular complexity index is 785. The summed E-state index contributed by atoms with van der Waals surface area (Å²) in [6, 6.07) is 14.3. The summed E-state index contributed by atoms with van der Waals surface area (Å²) in [6.07, 6.45) is -0.444. The zero-order chi connectivity index (χ0) is 18.4. The lowest BCUT2D eigenvalue weighted by Crippen LogP contribution is -2.29. The third-order valence-corrected chi connectivity index (χ3v) is 5.53. The average Bonchev–Trinajstić information content (AvgIpc) is 2.62. The Hall–Kier alpha value is -1.89. The van der Waals surface area contributed by atoms with Crippen molar-refractivity contribution >= 4 is 10.0 Å². The van der Waals surface area contributed by atoms with E-state index in [4.69, 9.17) is 9.47 Å². The minimum Gasteiger partial charge on any atom is -0.496 e. The highest BCUT2D eigenvalue weighted by molar-refractivity contribution is 7.89. The number of sulfonamides is 1. The predicted octanol–water partition coefficient (Wildman–Crippen LogP) is 3.48. The van der Waals surface area contributed by atoms with Gasteiger partial charge in [-0.1, -0.05) is 44.2 Å². The fourth-order valence-corrected chi connectivity index (χ4v) is 3.59. The third kappa shape index (κ3) is 4.81. The fourth-order valence-electron chi connectivity index (χ4n) is 2.55. The van der Waals surface area contributed by atoms with Gasteiger partial charge in [-0.3, -0.25) is 0 Å². The molecule has 5 nitrogen and oxygen atoms in total. The maximum Gasteiger partial charge on any atom is 0.240 e. The van der Waals surface area contributed by atoms with E-state index in [1.54, 1.807) is 26.4 Å².